The maximum absolute atomic E-state index is 12.5. The van der Waals surface area contributed by atoms with Gasteiger partial charge in [-0.25, -0.2) is 19.0 Å². The molecule has 134 valence electrons. The standard InChI is InChI=1S/C15H17BrN4O3S2/c1-4-23-15(21)20-25(3,22)11-7-5-10(6-8-11)18-14-17-9-12(16)13(19-14)24-2/h5-9H,4H2,1-3H3,(H,17,18,19)/t25-/m1/s1. The topological polar surface area (TPSA) is 93.5 Å². The Bertz CT molecular complexity index is 881. The van der Waals surface area contributed by atoms with Crippen molar-refractivity contribution in [2.75, 3.05) is 24.4 Å². The van der Waals surface area contributed by atoms with Crippen LogP contribution in [0, 0.1) is 0 Å². The molecule has 0 unspecified atom stereocenters. The fraction of sp³-hybridized carbons (Fsp3) is 0.267. The van der Waals surface area contributed by atoms with Gasteiger partial charge in [-0.15, -0.1) is 16.1 Å². The Hall–Kier alpha value is -1.65. The third-order valence-electron chi connectivity index (χ3n) is 2.97. The van der Waals surface area contributed by atoms with Gasteiger partial charge < -0.3 is 10.1 Å². The maximum atomic E-state index is 12.5. The van der Waals surface area contributed by atoms with Crippen LogP contribution < -0.4 is 5.32 Å². The highest BCUT2D eigenvalue weighted by Gasteiger charge is 2.10. The van der Waals surface area contributed by atoms with Gasteiger partial charge in [-0.2, -0.15) is 0 Å². The minimum atomic E-state index is -2.86. The molecule has 1 heterocycles. The number of benzene rings is 1. The molecule has 7 nitrogen and oxygen atoms in total. The maximum Gasteiger partial charge on any atom is 0.442 e. The zero-order valence-corrected chi connectivity index (χ0v) is 17.1. The summed E-state index contributed by atoms with van der Waals surface area (Å²) in [5.41, 5.74) is 0.726. The molecule has 0 aliphatic rings. The van der Waals surface area contributed by atoms with E-state index in [1.54, 1.807) is 37.4 Å². The molecule has 1 N–H and O–H groups in total. The van der Waals surface area contributed by atoms with Crippen LogP contribution in [0.1, 0.15) is 6.92 Å². The first-order valence-corrected chi connectivity index (χ1v) is 11.1. The highest BCUT2D eigenvalue weighted by Crippen LogP contribution is 2.25. The van der Waals surface area contributed by atoms with Crippen molar-refractivity contribution < 1.29 is 13.7 Å². The molecular formula is C15H17BrN4O3S2. The van der Waals surface area contributed by atoms with E-state index in [0.717, 1.165) is 15.2 Å². The third kappa shape index (κ3) is 5.41. The Morgan fingerprint density at radius 2 is 2.08 bits per heavy atom. The minimum Gasteiger partial charge on any atom is -0.448 e. The van der Waals surface area contributed by atoms with Crippen molar-refractivity contribution in [3.63, 3.8) is 0 Å². The number of halogens is 1. The van der Waals surface area contributed by atoms with E-state index in [1.165, 1.54) is 18.0 Å². The van der Waals surface area contributed by atoms with Crippen molar-refractivity contribution in [2.24, 2.45) is 4.36 Å². The zero-order chi connectivity index (χ0) is 18.4. The number of aromatic nitrogens is 2. The van der Waals surface area contributed by atoms with Gasteiger partial charge in [-0.05, 0) is 53.4 Å². The summed E-state index contributed by atoms with van der Waals surface area (Å²) in [6.07, 6.45) is 4.17. The number of amides is 1. The lowest BCUT2D eigenvalue weighted by Crippen LogP contribution is -2.05. The van der Waals surface area contributed by atoms with Crippen LogP contribution in [0.4, 0.5) is 16.4 Å². The van der Waals surface area contributed by atoms with E-state index in [9.17, 15) is 9.00 Å². The summed E-state index contributed by atoms with van der Waals surface area (Å²) in [5, 5.41) is 3.89. The van der Waals surface area contributed by atoms with Crippen LogP contribution in [0.5, 0.6) is 0 Å². The van der Waals surface area contributed by atoms with E-state index in [-0.39, 0.29) is 6.61 Å². The Labute approximate surface area is 159 Å². The van der Waals surface area contributed by atoms with E-state index < -0.39 is 15.8 Å². The lowest BCUT2D eigenvalue weighted by Gasteiger charge is -2.08. The second kappa shape index (κ2) is 8.63. The predicted molar refractivity (Wildman–Crippen MR) is 103 cm³/mol. The van der Waals surface area contributed by atoms with E-state index in [4.69, 9.17) is 4.74 Å². The molecule has 0 saturated carbocycles. The number of thioether (sulfide) groups is 1. The number of rotatable bonds is 5. The van der Waals surface area contributed by atoms with Crippen molar-refractivity contribution in [2.45, 2.75) is 16.8 Å². The first kappa shape index (κ1) is 19.7. The molecule has 0 bridgehead atoms. The lowest BCUT2D eigenvalue weighted by atomic mass is 10.3. The summed E-state index contributed by atoms with van der Waals surface area (Å²) in [7, 11) is -2.86. The molecular weight excluding hydrogens is 428 g/mol. The minimum absolute atomic E-state index is 0.186. The van der Waals surface area contributed by atoms with Crippen LogP contribution in [0.2, 0.25) is 0 Å². The van der Waals surface area contributed by atoms with Crippen molar-refractivity contribution in [1.29, 1.82) is 0 Å². The summed E-state index contributed by atoms with van der Waals surface area (Å²) in [4.78, 5) is 20.4. The third-order valence-corrected chi connectivity index (χ3v) is 6.15. The zero-order valence-electron chi connectivity index (χ0n) is 13.9. The van der Waals surface area contributed by atoms with Crippen molar-refractivity contribution in [3.8, 4) is 0 Å². The number of ether oxygens (including phenoxy) is 1. The molecule has 0 aliphatic carbocycles. The molecule has 0 saturated heterocycles. The summed E-state index contributed by atoms with van der Waals surface area (Å²) >= 11 is 4.89. The van der Waals surface area contributed by atoms with Gasteiger partial charge >= 0.3 is 6.09 Å². The van der Waals surface area contributed by atoms with Crippen LogP contribution in [-0.4, -0.2) is 39.4 Å². The van der Waals surface area contributed by atoms with Gasteiger partial charge in [0.05, 0.1) is 20.8 Å². The van der Waals surface area contributed by atoms with Crippen LogP contribution in [0.25, 0.3) is 0 Å². The van der Waals surface area contributed by atoms with Crippen LogP contribution in [-0.2, 0) is 14.5 Å². The van der Waals surface area contributed by atoms with Crippen molar-refractivity contribution in [3.05, 3.63) is 34.9 Å². The van der Waals surface area contributed by atoms with Crippen LogP contribution in [0.3, 0.4) is 0 Å². The number of carbonyl (C=O) groups is 1. The van der Waals surface area contributed by atoms with Gasteiger partial charge in [0.2, 0.25) is 5.95 Å². The molecule has 1 aromatic heterocycles. The van der Waals surface area contributed by atoms with Gasteiger partial charge in [-0.1, -0.05) is 0 Å². The number of nitrogens with one attached hydrogen (secondary N) is 1. The van der Waals surface area contributed by atoms with E-state index in [0.29, 0.717) is 10.8 Å². The first-order valence-electron chi connectivity index (χ1n) is 7.18. The molecule has 0 spiro atoms. The second-order valence-corrected chi connectivity index (χ2v) is 8.70. The molecule has 0 radical (unpaired) electrons. The summed E-state index contributed by atoms with van der Waals surface area (Å²) in [5.74, 6) is 0.453. The van der Waals surface area contributed by atoms with Gasteiger partial charge in [0.15, 0.2) is 0 Å². The Morgan fingerprint density at radius 3 is 2.68 bits per heavy atom. The molecule has 0 aliphatic heterocycles. The molecule has 25 heavy (non-hydrogen) atoms. The monoisotopic (exact) mass is 444 g/mol. The summed E-state index contributed by atoms with van der Waals surface area (Å²) < 4.78 is 21.7. The Morgan fingerprint density at radius 1 is 1.40 bits per heavy atom. The average molecular weight is 445 g/mol. The molecule has 2 aromatic rings. The van der Waals surface area contributed by atoms with Crippen LogP contribution >= 0.6 is 27.7 Å². The number of nitrogens with zero attached hydrogens (tertiary/aromatic N) is 3. The highest BCUT2D eigenvalue weighted by molar-refractivity contribution is 9.10. The Kier molecular flexibility index (Phi) is 6.79. The lowest BCUT2D eigenvalue weighted by molar-refractivity contribution is 0.164. The van der Waals surface area contributed by atoms with E-state index in [2.05, 4.69) is 35.6 Å². The number of hydrogen-bond donors (Lipinski definition) is 1. The Balaban J connectivity index is 2.20. The summed E-state index contributed by atoms with van der Waals surface area (Å²) in [6, 6.07) is 6.73. The number of carbonyl (C=O) groups excluding carboxylic acids is 1. The van der Waals surface area contributed by atoms with Crippen LogP contribution in [0.15, 0.2) is 49.2 Å². The largest absolute Gasteiger partial charge is 0.448 e. The fourth-order valence-corrected chi connectivity index (χ4v) is 4.01. The van der Waals surface area contributed by atoms with Gasteiger partial charge in [0.25, 0.3) is 0 Å². The van der Waals surface area contributed by atoms with E-state index in [1.807, 2.05) is 6.26 Å². The predicted octanol–water partition coefficient (Wildman–Crippen LogP) is 4.32. The van der Waals surface area contributed by atoms with E-state index >= 15 is 0 Å². The molecule has 1 atom stereocenters. The fourth-order valence-electron chi connectivity index (χ4n) is 1.82. The molecule has 2 rings (SSSR count). The molecule has 1 amide bonds. The normalized spacial score (nSPS) is 13.0. The number of anilines is 2. The summed E-state index contributed by atoms with van der Waals surface area (Å²) in [6.45, 7) is 1.85. The molecule has 1 aromatic carbocycles. The number of hydrogen-bond acceptors (Lipinski definition) is 7. The smallest absolute Gasteiger partial charge is 0.442 e. The highest BCUT2D eigenvalue weighted by atomic mass is 79.9. The molecule has 10 heteroatoms. The van der Waals surface area contributed by atoms with Crippen molar-refractivity contribution >= 4 is 55.1 Å². The van der Waals surface area contributed by atoms with Crippen molar-refractivity contribution in [1.82, 2.24) is 9.97 Å². The first-order chi connectivity index (χ1) is 11.9. The second-order valence-electron chi connectivity index (χ2n) is 4.79. The van der Waals surface area contributed by atoms with Gasteiger partial charge in [0, 0.05) is 23.0 Å². The molecule has 0 fully saturated rings. The average Bonchev–Trinajstić information content (AvgIpc) is 2.57. The quantitative estimate of drug-likeness (QED) is 0.541. The van der Waals surface area contributed by atoms with Gasteiger partial charge in [0.1, 0.15) is 5.03 Å². The SMILES string of the molecule is CCOC(=O)N=[S@](C)(=O)c1ccc(Nc2ncc(Br)c(SC)n2)cc1. The van der Waals surface area contributed by atoms with Gasteiger partial charge in [-0.3, -0.25) is 0 Å².